The summed E-state index contributed by atoms with van der Waals surface area (Å²) in [5.41, 5.74) is 1.10. The molecule has 2 aliphatic heterocycles. The average molecular weight is 387 g/mol. The minimum absolute atomic E-state index is 0.0723. The standard InChI is InChI=1S/C20H22FN3O2S/c21-17-5-1-2-6-18(17)23-9-11-24(12-10-23)20(25)16-4-3-8-22-19(16)26-15-7-13-27-14-15/h1-6,8,15H,7,9-14H2. The number of pyridine rings is 1. The van der Waals surface area contributed by atoms with Gasteiger partial charge >= 0.3 is 0 Å². The van der Waals surface area contributed by atoms with Crippen molar-refractivity contribution < 1.29 is 13.9 Å². The van der Waals surface area contributed by atoms with E-state index in [0.29, 0.717) is 43.3 Å². The molecular formula is C20H22FN3O2S. The van der Waals surface area contributed by atoms with Gasteiger partial charge in [-0.1, -0.05) is 12.1 Å². The third kappa shape index (κ3) is 4.03. The third-order valence-electron chi connectivity index (χ3n) is 4.93. The van der Waals surface area contributed by atoms with E-state index in [-0.39, 0.29) is 17.8 Å². The molecule has 0 bridgehead atoms. The first kappa shape index (κ1) is 18.1. The van der Waals surface area contributed by atoms with Crippen molar-refractivity contribution in [2.45, 2.75) is 12.5 Å². The van der Waals surface area contributed by atoms with Gasteiger partial charge in [-0.3, -0.25) is 4.79 Å². The van der Waals surface area contributed by atoms with Crippen molar-refractivity contribution in [1.82, 2.24) is 9.88 Å². The van der Waals surface area contributed by atoms with Crippen LogP contribution < -0.4 is 9.64 Å². The van der Waals surface area contributed by atoms with Crippen molar-refractivity contribution >= 4 is 23.4 Å². The Balaban J connectivity index is 1.43. The second-order valence-corrected chi connectivity index (χ2v) is 7.84. The van der Waals surface area contributed by atoms with Crippen molar-refractivity contribution in [3.63, 3.8) is 0 Å². The van der Waals surface area contributed by atoms with Gasteiger partial charge in [0.1, 0.15) is 17.5 Å². The molecule has 0 radical (unpaired) electrons. The van der Waals surface area contributed by atoms with Crippen molar-refractivity contribution in [3.8, 4) is 5.88 Å². The number of nitrogens with zero attached hydrogens (tertiary/aromatic N) is 3. The highest BCUT2D eigenvalue weighted by Crippen LogP contribution is 2.26. The van der Waals surface area contributed by atoms with Crippen molar-refractivity contribution in [1.29, 1.82) is 0 Å². The van der Waals surface area contributed by atoms with Crippen molar-refractivity contribution in [3.05, 3.63) is 54.0 Å². The van der Waals surface area contributed by atoms with Crippen LogP contribution in [0, 0.1) is 5.82 Å². The molecule has 1 aromatic heterocycles. The first-order chi connectivity index (χ1) is 13.2. The number of piperazine rings is 1. The van der Waals surface area contributed by atoms with E-state index < -0.39 is 0 Å². The molecule has 5 nitrogen and oxygen atoms in total. The van der Waals surface area contributed by atoms with Gasteiger partial charge in [-0.15, -0.1) is 0 Å². The van der Waals surface area contributed by atoms with E-state index in [4.69, 9.17) is 4.74 Å². The summed E-state index contributed by atoms with van der Waals surface area (Å²) >= 11 is 1.86. The molecule has 4 rings (SSSR count). The normalized spacial score (nSPS) is 20.0. The summed E-state index contributed by atoms with van der Waals surface area (Å²) in [7, 11) is 0. The van der Waals surface area contributed by atoms with Crippen LogP contribution in [-0.4, -0.2) is 59.6 Å². The molecule has 2 aliphatic rings. The number of hydrogen-bond donors (Lipinski definition) is 0. The number of thioether (sulfide) groups is 1. The summed E-state index contributed by atoms with van der Waals surface area (Å²) in [5, 5.41) is 0. The number of ether oxygens (including phenoxy) is 1. The molecular weight excluding hydrogens is 365 g/mol. The molecule has 0 N–H and O–H groups in total. The maximum atomic E-state index is 14.0. The van der Waals surface area contributed by atoms with E-state index in [2.05, 4.69) is 4.98 Å². The Morgan fingerprint density at radius 1 is 1.15 bits per heavy atom. The Hall–Kier alpha value is -2.28. The maximum Gasteiger partial charge on any atom is 0.259 e. The quantitative estimate of drug-likeness (QED) is 0.807. The van der Waals surface area contributed by atoms with E-state index in [1.807, 2.05) is 22.7 Å². The molecule has 0 spiro atoms. The molecule has 1 aromatic carbocycles. The lowest BCUT2D eigenvalue weighted by atomic mass is 10.2. The smallest absolute Gasteiger partial charge is 0.259 e. The third-order valence-corrected chi connectivity index (χ3v) is 6.06. The van der Waals surface area contributed by atoms with Crippen LogP contribution in [0.5, 0.6) is 5.88 Å². The summed E-state index contributed by atoms with van der Waals surface area (Å²) in [6.45, 7) is 2.28. The Labute approximate surface area is 162 Å². The Morgan fingerprint density at radius 2 is 1.96 bits per heavy atom. The molecule has 1 atom stereocenters. The fourth-order valence-corrected chi connectivity index (χ4v) is 4.53. The largest absolute Gasteiger partial charge is 0.473 e. The second-order valence-electron chi connectivity index (χ2n) is 6.69. The first-order valence-electron chi connectivity index (χ1n) is 9.20. The Kier molecular flexibility index (Phi) is 5.48. The van der Waals surface area contributed by atoms with Crippen LogP contribution in [0.4, 0.5) is 10.1 Å². The monoisotopic (exact) mass is 387 g/mol. The molecule has 1 unspecified atom stereocenters. The number of hydrogen-bond acceptors (Lipinski definition) is 5. The fraction of sp³-hybridized carbons (Fsp3) is 0.400. The zero-order chi connectivity index (χ0) is 18.6. The van der Waals surface area contributed by atoms with E-state index >= 15 is 0 Å². The average Bonchev–Trinajstić information content (AvgIpc) is 3.22. The van der Waals surface area contributed by atoms with E-state index in [9.17, 15) is 9.18 Å². The lowest BCUT2D eigenvalue weighted by Gasteiger charge is -2.36. The van der Waals surface area contributed by atoms with Crippen LogP contribution in [0.1, 0.15) is 16.8 Å². The molecule has 0 saturated carbocycles. The van der Waals surface area contributed by atoms with Crippen LogP contribution >= 0.6 is 11.8 Å². The van der Waals surface area contributed by atoms with Crippen LogP contribution in [0.15, 0.2) is 42.6 Å². The molecule has 2 aromatic rings. The van der Waals surface area contributed by atoms with Gasteiger partial charge in [-0.2, -0.15) is 11.8 Å². The maximum absolute atomic E-state index is 14.0. The lowest BCUT2D eigenvalue weighted by molar-refractivity contribution is 0.0738. The zero-order valence-electron chi connectivity index (χ0n) is 15.0. The predicted octanol–water partition coefficient (Wildman–Crippen LogP) is 3.07. The van der Waals surface area contributed by atoms with Gasteiger partial charge in [0.15, 0.2) is 0 Å². The van der Waals surface area contributed by atoms with Gasteiger partial charge in [-0.25, -0.2) is 9.37 Å². The van der Waals surface area contributed by atoms with Crippen LogP contribution in [0.25, 0.3) is 0 Å². The summed E-state index contributed by atoms with van der Waals surface area (Å²) in [6.07, 6.45) is 2.76. The topological polar surface area (TPSA) is 45.7 Å². The molecule has 27 heavy (non-hydrogen) atoms. The van der Waals surface area contributed by atoms with E-state index in [0.717, 1.165) is 17.9 Å². The highest BCUT2D eigenvalue weighted by Gasteiger charge is 2.27. The van der Waals surface area contributed by atoms with Crippen LogP contribution in [-0.2, 0) is 0 Å². The van der Waals surface area contributed by atoms with Crippen LogP contribution in [0.2, 0.25) is 0 Å². The van der Waals surface area contributed by atoms with E-state index in [1.165, 1.54) is 6.07 Å². The highest BCUT2D eigenvalue weighted by molar-refractivity contribution is 7.99. The molecule has 0 aliphatic carbocycles. The molecule has 1 amide bonds. The minimum atomic E-state index is -0.227. The van der Waals surface area contributed by atoms with Crippen molar-refractivity contribution in [2.75, 3.05) is 42.6 Å². The molecule has 2 fully saturated rings. The number of halogens is 1. The summed E-state index contributed by atoms with van der Waals surface area (Å²) in [4.78, 5) is 21.1. The van der Waals surface area contributed by atoms with Crippen LogP contribution in [0.3, 0.4) is 0 Å². The number of anilines is 1. The highest BCUT2D eigenvalue weighted by atomic mass is 32.2. The SMILES string of the molecule is O=C(c1cccnc1OC1CCSC1)N1CCN(c2ccccc2F)CC1. The number of amides is 1. The van der Waals surface area contributed by atoms with Gasteiger partial charge in [0.2, 0.25) is 5.88 Å². The summed E-state index contributed by atoms with van der Waals surface area (Å²) in [6, 6.07) is 10.3. The number of benzene rings is 1. The van der Waals surface area contributed by atoms with Crippen molar-refractivity contribution in [2.24, 2.45) is 0 Å². The zero-order valence-corrected chi connectivity index (χ0v) is 15.8. The van der Waals surface area contributed by atoms with E-state index in [1.54, 1.807) is 35.4 Å². The number of rotatable bonds is 4. The summed E-state index contributed by atoms with van der Waals surface area (Å²) < 4.78 is 20.0. The van der Waals surface area contributed by atoms with Gasteiger partial charge in [0, 0.05) is 38.1 Å². The van der Waals surface area contributed by atoms with Gasteiger partial charge in [0.05, 0.1) is 5.69 Å². The first-order valence-corrected chi connectivity index (χ1v) is 10.4. The van der Waals surface area contributed by atoms with Gasteiger partial charge in [-0.05, 0) is 36.4 Å². The molecule has 3 heterocycles. The van der Waals surface area contributed by atoms with Gasteiger partial charge < -0.3 is 14.5 Å². The molecule has 7 heteroatoms. The lowest BCUT2D eigenvalue weighted by Crippen LogP contribution is -2.49. The number of carbonyl (C=O) groups excluding carboxylic acids is 1. The Morgan fingerprint density at radius 3 is 2.70 bits per heavy atom. The number of aromatic nitrogens is 1. The Bertz CT molecular complexity index is 805. The minimum Gasteiger partial charge on any atom is -0.473 e. The fourth-order valence-electron chi connectivity index (χ4n) is 3.44. The molecule has 142 valence electrons. The molecule has 2 saturated heterocycles. The van der Waals surface area contributed by atoms with Gasteiger partial charge in [0.25, 0.3) is 5.91 Å². The number of carbonyl (C=O) groups is 1. The second kappa shape index (κ2) is 8.17. The predicted molar refractivity (Wildman–Crippen MR) is 105 cm³/mol. The number of para-hydroxylation sites is 1. The summed E-state index contributed by atoms with van der Waals surface area (Å²) in [5.74, 6) is 2.14.